The summed E-state index contributed by atoms with van der Waals surface area (Å²) in [5.74, 6) is -0.358. The Balaban J connectivity index is 1.89. The Kier molecular flexibility index (Phi) is 8.21. The summed E-state index contributed by atoms with van der Waals surface area (Å²) in [5, 5.41) is 0.00632. The van der Waals surface area contributed by atoms with E-state index in [2.05, 4.69) is 77.7 Å². The number of ether oxygens (including phenoxy) is 1. The van der Waals surface area contributed by atoms with E-state index in [9.17, 15) is 9.59 Å². The van der Waals surface area contributed by atoms with E-state index in [0.29, 0.717) is 13.2 Å². The molecule has 0 spiro atoms. The molecular weight excluding hydrogens is 454 g/mol. The molecule has 4 rings (SSSR count). The summed E-state index contributed by atoms with van der Waals surface area (Å²) in [6.07, 6.45) is 2.35. The van der Waals surface area contributed by atoms with Crippen LogP contribution in [0.25, 0.3) is 0 Å². The van der Waals surface area contributed by atoms with E-state index in [1.54, 1.807) is 19.9 Å². The van der Waals surface area contributed by atoms with Gasteiger partial charge in [0, 0.05) is 31.3 Å². The van der Waals surface area contributed by atoms with Gasteiger partial charge in [0.05, 0.1) is 12.1 Å². The summed E-state index contributed by atoms with van der Waals surface area (Å²) in [6.45, 7) is 5.02. The number of thioether (sulfide) groups is 1. The Morgan fingerprint density at radius 1 is 0.914 bits per heavy atom. The number of benzene rings is 3. The first-order chi connectivity index (χ1) is 17.1. The number of piperidine rings is 1. The summed E-state index contributed by atoms with van der Waals surface area (Å²) in [7, 11) is 0. The molecule has 1 saturated heterocycles. The molecule has 1 aliphatic heterocycles. The van der Waals surface area contributed by atoms with E-state index in [4.69, 9.17) is 4.74 Å². The van der Waals surface area contributed by atoms with Crippen molar-refractivity contribution in [2.75, 3.05) is 19.7 Å². The van der Waals surface area contributed by atoms with Gasteiger partial charge >= 0.3 is 5.97 Å². The van der Waals surface area contributed by atoms with Crippen molar-refractivity contribution in [2.45, 2.75) is 31.1 Å². The average molecular weight is 486 g/mol. The Hall–Kier alpha value is -3.15. The van der Waals surface area contributed by atoms with E-state index in [0.717, 1.165) is 35.2 Å². The van der Waals surface area contributed by atoms with Gasteiger partial charge in [0.2, 0.25) is 0 Å². The first-order valence-electron chi connectivity index (χ1n) is 12.0. The van der Waals surface area contributed by atoms with E-state index in [1.807, 2.05) is 18.2 Å². The molecule has 0 saturated carbocycles. The third-order valence-electron chi connectivity index (χ3n) is 6.40. The predicted octanol–water partition coefficient (Wildman–Crippen LogP) is 5.82. The van der Waals surface area contributed by atoms with Crippen LogP contribution in [0.1, 0.15) is 37.0 Å². The largest absolute Gasteiger partial charge is 0.463 e. The van der Waals surface area contributed by atoms with Crippen LogP contribution in [0, 0.1) is 0 Å². The minimum Gasteiger partial charge on any atom is -0.463 e. The topological polar surface area (TPSA) is 46.6 Å². The first-order valence-corrected chi connectivity index (χ1v) is 12.9. The molecule has 0 aromatic heterocycles. The van der Waals surface area contributed by atoms with Gasteiger partial charge in [0.15, 0.2) is 5.12 Å². The Morgan fingerprint density at radius 2 is 1.40 bits per heavy atom. The molecule has 0 amide bonds. The van der Waals surface area contributed by atoms with Gasteiger partial charge in [-0.25, -0.2) is 4.79 Å². The second-order valence-corrected chi connectivity index (χ2v) is 9.97. The van der Waals surface area contributed by atoms with Crippen LogP contribution in [0.5, 0.6) is 0 Å². The van der Waals surface area contributed by atoms with Crippen molar-refractivity contribution in [1.82, 2.24) is 4.90 Å². The van der Waals surface area contributed by atoms with Gasteiger partial charge in [-0.1, -0.05) is 103 Å². The molecule has 0 aliphatic carbocycles. The standard InChI is InChI=1S/C30H31NO3S/c1-3-34-29(33)21-24-22-31(20-19-28(24)35-23(2)32)30(25-13-7-4-8-14-25,26-15-9-5-10-16-26)27-17-11-6-12-18-27/h4-18,21,28H,3,19-20,22H2,1-2H3/b24-21+. The number of likely N-dealkylation sites (tertiary alicyclic amines) is 1. The van der Waals surface area contributed by atoms with E-state index >= 15 is 0 Å². The van der Waals surface area contributed by atoms with E-state index in [1.165, 1.54) is 11.8 Å². The van der Waals surface area contributed by atoms with Crippen molar-refractivity contribution in [1.29, 1.82) is 0 Å². The van der Waals surface area contributed by atoms with Crippen molar-refractivity contribution < 1.29 is 14.3 Å². The maximum atomic E-state index is 12.5. The number of hydrogen-bond donors (Lipinski definition) is 0. The fourth-order valence-corrected chi connectivity index (χ4v) is 5.96. The lowest BCUT2D eigenvalue weighted by molar-refractivity contribution is -0.137. The normalized spacial score (nSPS) is 17.8. The minimum atomic E-state index is -0.566. The molecule has 4 nitrogen and oxygen atoms in total. The average Bonchev–Trinajstić information content (AvgIpc) is 2.88. The summed E-state index contributed by atoms with van der Waals surface area (Å²) in [6, 6.07) is 31.6. The summed E-state index contributed by atoms with van der Waals surface area (Å²) < 4.78 is 5.24. The second kappa shape index (κ2) is 11.5. The highest BCUT2D eigenvalue weighted by molar-refractivity contribution is 8.14. The highest BCUT2D eigenvalue weighted by atomic mass is 32.2. The summed E-state index contributed by atoms with van der Waals surface area (Å²) >= 11 is 1.30. The van der Waals surface area contributed by atoms with Crippen LogP contribution in [-0.2, 0) is 19.9 Å². The summed E-state index contributed by atoms with van der Waals surface area (Å²) in [4.78, 5) is 27.0. The van der Waals surface area contributed by atoms with Gasteiger partial charge < -0.3 is 4.74 Å². The molecule has 3 aromatic rings. The molecule has 1 heterocycles. The smallest absolute Gasteiger partial charge is 0.330 e. The molecule has 3 aromatic carbocycles. The van der Waals surface area contributed by atoms with Gasteiger partial charge in [-0.05, 0) is 35.6 Å². The van der Waals surface area contributed by atoms with Crippen LogP contribution in [0.3, 0.4) is 0 Å². The SMILES string of the molecule is CCOC(=O)/C=C1\CN(C(c2ccccc2)(c2ccccc2)c2ccccc2)CCC1SC(C)=O. The number of rotatable bonds is 7. The monoisotopic (exact) mass is 485 g/mol. The molecule has 1 atom stereocenters. The molecule has 1 fully saturated rings. The predicted molar refractivity (Wildman–Crippen MR) is 142 cm³/mol. The number of carbonyl (C=O) groups excluding carboxylic acids is 2. The molecular formula is C30H31NO3S. The van der Waals surface area contributed by atoms with Crippen molar-refractivity contribution in [3.05, 3.63) is 119 Å². The minimum absolute atomic E-state index is 0.0480. The molecule has 0 radical (unpaired) electrons. The lowest BCUT2D eigenvalue weighted by Gasteiger charge is -2.49. The number of nitrogens with zero attached hydrogens (tertiary/aromatic N) is 1. The van der Waals surface area contributed by atoms with Crippen LogP contribution >= 0.6 is 11.8 Å². The number of esters is 1. The number of carbonyl (C=O) groups is 2. The van der Waals surface area contributed by atoms with Crippen LogP contribution < -0.4 is 0 Å². The lowest BCUT2D eigenvalue weighted by atomic mass is 9.74. The van der Waals surface area contributed by atoms with Crippen molar-refractivity contribution in [3.8, 4) is 0 Å². The Labute approximate surface area is 212 Å². The van der Waals surface area contributed by atoms with Crippen LogP contribution in [0.2, 0.25) is 0 Å². The third-order valence-corrected chi connectivity index (χ3v) is 7.55. The zero-order valence-corrected chi connectivity index (χ0v) is 21.0. The first kappa shape index (κ1) is 25.0. The molecule has 0 N–H and O–H groups in total. The zero-order valence-electron chi connectivity index (χ0n) is 20.2. The molecule has 35 heavy (non-hydrogen) atoms. The highest BCUT2D eigenvalue weighted by Crippen LogP contribution is 2.45. The van der Waals surface area contributed by atoms with Gasteiger partial charge in [-0.3, -0.25) is 9.69 Å². The molecule has 0 bridgehead atoms. The highest BCUT2D eigenvalue weighted by Gasteiger charge is 2.44. The molecule has 1 aliphatic rings. The van der Waals surface area contributed by atoms with Crippen LogP contribution in [0.4, 0.5) is 0 Å². The molecule has 180 valence electrons. The van der Waals surface area contributed by atoms with Crippen molar-refractivity contribution >= 4 is 22.8 Å². The summed E-state index contributed by atoms with van der Waals surface area (Å²) in [5.41, 5.74) is 3.83. The third kappa shape index (κ3) is 5.42. The fourth-order valence-electron chi connectivity index (χ4n) is 5.04. The molecule has 1 unspecified atom stereocenters. The Morgan fingerprint density at radius 3 is 1.83 bits per heavy atom. The van der Waals surface area contributed by atoms with E-state index < -0.39 is 5.54 Å². The molecule has 5 heteroatoms. The van der Waals surface area contributed by atoms with Crippen molar-refractivity contribution in [2.24, 2.45) is 0 Å². The van der Waals surface area contributed by atoms with Gasteiger partial charge in [0.25, 0.3) is 0 Å². The van der Waals surface area contributed by atoms with Gasteiger partial charge in [-0.15, -0.1) is 0 Å². The van der Waals surface area contributed by atoms with Crippen LogP contribution in [-0.4, -0.2) is 40.9 Å². The zero-order chi connectivity index (χ0) is 24.7. The fraction of sp³-hybridized carbons (Fsp3) is 0.267. The van der Waals surface area contributed by atoms with Gasteiger partial charge in [0.1, 0.15) is 0 Å². The van der Waals surface area contributed by atoms with Crippen LogP contribution in [0.15, 0.2) is 103 Å². The number of hydrogen-bond acceptors (Lipinski definition) is 5. The maximum Gasteiger partial charge on any atom is 0.330 e. The quantitative estimate of drug-likeness (QED) is 0.240. The van der Waals surface area contributed by atoms with Crippen molar-refractivity contribution in [3.63, 3.8) is 0 Å². The Bertz CT molecular complexity index is 1070. The van der Waals surface area contributed by atoms with E-state index in [-0.39, 0.29) is 16.3 Å². The second-order valence-electron chi connectivity index (χ2n) is 8.59. The maximum absolute atomic E-state index is 12.5. The van der Waals surface area contributed by atoms with Gasteiger partial charge in [-0.2, -0.15) is 0 Å². The lowest BCUT2D eigenvalue weighted by Crippen LogP contribution is -2.52.